The third-order valence-electron chi connectivity index (χ3n) is 1.29. The molecule has 0 fully saturated rings. The highest BCUT2D eigenvalue weighted by molar-refractivity contribution is 7.73. The Hall–Kier alpha value is -1.23. The maximum Gasteiger partial charge on any atom is 0.222 e. The lowest BCUT2D eigenvalue weighted by atomic mass is 10.3. The first-order valence-corrected chi connectivity index (χ1v) is 4.45. The van der Waals surface area contributed by atoms with Crippen molar-refractivity contribution in [2.45, 2.75) is 0 Å². The van der Waals surface area contributed by atoms with E-state index >= 15 is 0 Å². The van der Waals surface area contributed by atoms with Crippen molar-refractivity contribution >= 4 is 16.6 Å². The molecule has 0 atom stereocenters. The standard InChI is InChI=1S/C7H9NO3S/c1-11-7-4-2-3-6(5-7)8-12(9)10/h2-5,12H,1H3,(H,8,9,10). The number of nitrogens with one attached hydrogen (secondary N) is 1. The van der Waals surface area contributed by atoms with Crippen LogP contribution in [0.5, 0.6) is 5.75 Å². The van der Waals surface area contributed by atoms with E-state index in [1.165, 1.54) is 7.11 Å². The van der Waals surface area contributed by atoms with Crippen LogP contribution in [0.25, 0.3) is 0 Å². The first-order chi connectivity index (χ1) is 5.72. The molecule has 0 spiro atoms. The van der Waals surface area contributed by atoms with Gasteiger partial charge in [-0.25, -0.2) is 8.42 Å². The van der Waals surface area contributed by atoms with E-state index in [9.17, 15) is 8.42 Å². The number of anilines is 1. The molecule has 0 aliphatic rings. The largest absolute Gasteiger partial charge is 0.497 e. The molecule has 1 aromatic carbocycles. The van der Waals surface area contributed by atoms with Gasteiger partial charge in [-0.2, -0.15) is 0 Å². The number of hydrogen-bond donors (Lipinski definition) is 2. The van der Waals surface area contributed by atoms with Crippen molar-refractivity contribution in [1.29, 1.82) is 0 Å². The van der Waals surface area contributed by atoms with E-state index < -0.39 is 10.9 Å². The Bertz CT molecular complexity index is 327. The van der Waals surface area contributed by atoms with Crippen LogP contribution in [-0.2, 0) is 10.9 Å². The zero-order valence-electron chi connectivity index (χ0n) is 6.48. The molecule has 0 amide bonds. The molecule has 4 nitrogen and oxygen atoms in total. The van der Waals surface area contributed by atoms with E-state index in [0.29, 0.717) is 11.4 Å². The number of methoxy groups -OCH3 is 1. The second-order valence-electron chi connectivity index (χ2n) is 2.10. The second-order valence-corrected chi connectivity index (χ2v) is 2.84. The predicted molar refractivity (Wildman–Crippen MR) is 46.9 cm³/mol. The zero-order valence-corrected chi connectivity index (χ0v) is 7.38. The minimum absolute atomic E-state index is 0.505. The minimum atomic E-state index is -2.60. The van der Waals surface area contributed by atoms with Crippen LogP contribution in [-0.4, -0.2) is 15.5 Å². The van der Waals surface area contributed by atoms with E-state index in [0.717, 1.165) is 0 Å². The fourth-order valence-electron chi connectivity index (χ4n) is 0.798. The maximum atomic E-state index is 10.3. The molecule has 5 heteroatoms. The molecule has 1 rings (SSSR count). The van der Waals surface area contributed by atoms with Crippen LogP contribution < -0.4 is 9.46 Å². The Morgan fingerprint density at radius 2 is 2.17 bits per heavy atom. The molecular formula is C7H9NO3S. The fraction of sp³-hybridized carbons (Fsp3) is 0.143. The van der Waals surface area contributed by atoms with Crippen LogP contribution in [0.3, 0.4) is 0 Å². The molecule has 0 aromatic heterocycles. The van der Waals surface area contributed by atoms with Gasteiger partial charge in [0.05, 0.1) is 12.8 Å². The smallest absolute Gasteiger partial charge is 0.222 e. The van der Waals surface area contributed by atoms with Gasteiger partial charge < -0.3 is 4.74 Å². The molecular weight excluding hydrogens is 178 g/mol. The van der Waals surface area contributed by atoms with Gasteiger partial charge in [0.15, 0.2) is 0 Å². The molecule has 0 aliphatic heterocycles. The van der Waals surface area contributed by atoms with Crippen LogP contribution in [0.2, 0.25) is 0 Å². The topological polar surface area (TPSA) is 55.4 Å². The third kappa shape index (κ3) is 2.43. The summed E-state index contributed by atoms with van der Waals surface area (Å²) in [6.07, 6.45) is 0. The van der Waals surface area contributed by atoms with Gasteiger partial charge in [-0.1, -0.05) is 6.07 Å². The fourth-order valence-corrected chi connectivity index (χ4v) is 1.15. The molecule has 0 radical (unpaired) electrons. The van der Waals surface area contributed by atoms with Crippen LogP contribution in [0.4, 0.5) is 5.69 Å². The van der Waals surface area contributed by atoms with Gasteiger partial charge in [0, 0.05) is 6.07 Å². The Morgan fingerprint density at radius 1 is 1.42 bits per heavy atom. The summed E-state index contributed by atoms with van der Waals surface area (Å²) in [6.45, 7) is 0. The van der Waals surface area contributed by atoms with Gasteiger partial charge in [-0.15, -0.1) is 0 Å². The highest BCUT2D eigenvalue weighted by Gasteiger charge is 1.93. The van der Waals surface area contributed by atoms with E-state index in [4.69, 9.17) is 4.74 Å². The van der Waals surface area contributed by atoms with Gasteiger partial charge in [-0.05, 0) is 12.1 Å². The monoisotopic (exact) mass is 187 g/mol. The molecule has 0 unspecified atom stereocenters. The second kappa shape index (κ2) is 3.96. The van der Waals surface area contributed by atoms with Crippen molar-refractivity contribution < 1.29 is 13.2 Å². The molecule has 0 heterocycles. The summed E-state index contributed by atoms with van der Waals surface area (Å²) in [5, 5.41) is 0. The van der Waals surface area contributed by atoms with Crippen molar-refractivity contribution in [2.75, 3.05) is 11.8 Å². The highest BCUT2D eigenvalue weighted by atomic mass is 32.2. The SMILES string of the molecule is COc1cccc(N[SH](=O)=O)c1. The molecule has 0 saturated heterocycles. The maximum absolute atomic E-state index is 10.3. The Balaban J connectivity index is 2.86. The van der Waals surface area contributed by atoms with E-state index in [-0.39, 0.29) is 0 Å². The minimum Gasteiger partial charge on any atom is -0.497 e. The summed E-state index contributed by atoms with van der Waals surface area (Å²) in [5.41, 5.74) is 0.505. The molecule has 12 heavy (non-hydrogen) atoms. The van der Waals surface area contributed by atoms with Crippen LogP contribution in [0, 0.1) is 0 Å². The average Bonchev–Trinajstić information content (AvgIpc) is 2.03. The predicted octanol–water partition coefficient (Wildman–Crippen LogP) is 0.633. The summed E-state index contributed by atoms with van der Waals surface area (Å²) in [4.78, 5) is 0. The lowest BCUT2D eigenvalue weighted by molar-refractivity contribution is 0.415. The lowest BCUT2D eigenvalue weighted by Crippen LogP contribution is -1.94. The van der Waals surface area contributed by atoms with Crippen LogP contribution in [0.1, 0.15) is 0 Å². The summed E-state index contributed by atoms with van der Waals surface area (Å²) < 4.78 is 27.7. The number of thiol groups is 1. The Labute approximate surface area is 72.3 Å². The summed E-state index contributed by atoms with van der Waals surface area (Å²) in [6, 6.07) is 6.70. The first-order valence-electron chi connectivity index (χ1n) is 3.27. The molecule has 0 saturated carbocycles. The van der Waals surface area contributed by atoms with Gasteiger partial charge >= 0.3 is 0 Å². The van der Waals surface area contributed by atoms with Gasteiger partial charge in [0.25, 0.3) is 0 Å². The number of ether oxygens (including phenoxy) is 1. The van der Waals surface area contributed by atoms with E-state index in [1.54, 1.807) is 24.3 Å². The summed E-state index contributed by atoms with van der Waals surface area (Å²) in [5.74, 6) is 0.622. The number of benzene rings is 1. The van der Waals surface area contributed by atoms with Crippen molar-refractivity contribution in [3.05, 3.63) is 24.3 Å². The normalized spacial score (nSPS) is 9.83. The average molecular weight is 187 g/mol. The van der Waals surface area contributed by atoms with Crippen molar-refractivity contribution in [3.63, 3.8) is 0 Å². The van der Waals surface area contributed by atoms with Crippen molar-refractivity contribution in [1.82, 2.24) is 0 Å². The van der Waals surface area contributed by atoms with Crippen LogP contribution >= 0.6 is 0 Å². The number of rotatable bonds is 3. The molecule has 1 N–H and O–H groups in total. The third-order valence-corrected chi connectivity index (χ3v) is 1.73. The molecule has 66 valence electrons. The Morgan fingerprint density at radius 3 is 2.75 bits per heavy atom. The van der Waals surface area contributed by atoms with Crippen LogP contribution in [0.15, 0.2) is 24.3 Å². The van der Waals surface area contributed by atoms with E-state index in [2.05, 4.69) is 4.72 Å². The van der Waals surface area contributed by atoms with Crippen molar-refractivity contribution in [3.8, 4) is 5.75 Å². The quantitative estimate of drug-likeness (QED) is 0.682. The van der Waals surface area contributed by atoms with Gasteiger partial charge in [0.1, 0.15) is 5.75 Å². The van der Waals surface area contributed by atoms with E-state index in [1.807, 2.05) is 0 Å². The Kier molecular flexibility index (Phi) is 2.93. The first kappa shape index (κ1) is 8.86. The molecule has 0 bridgehead atoms. The molecule has 1 aromatic rings. The molecule has 0 aliphatic carbocycles. The van der Waals surface area contributed by atoms with Gasteiger partial charge in [0.2, 0.25) is 10.9 Å². The summed E-state index contributed by atoms with van der Waals surface area (Å²) >= 11 is 0. The van der Waals surface area contributed by atoms with Crippen molar-refractivity contribution in [2.24, 2.45) is 0 Å². The highest BCUT2D eigenvalue weighted by Crippen LogP contribution is 2.16. The van der Waals surface area contributed by atoms with Gasteiger partial charge in [-0.3, -0.25) is 4.72 Å². The number of hydrogen-bond acceptors (Lipinski definition) is 3. The lowest BCUT2D eigenvalue weighted by Gasteiger charge is -2.01. The zero-order chi connectivity index (χ0) is 8.97. The summed E-state index contributed by atoms with van der Waals surface area (Å²) in [7, 11) is -1.08.